The number of hydrogen-bond acceptors (Lipinski definition) is 5. The van der Waals surface area contributed by atoms with Crippen molar-refractivity contribution in [3.05, 3.63) is 53.6 Å². The monoisotopic (exact) mass is 288 g/mol. The smallest absolute Gasteiger partial charge is 0.339 e. The molecule has 0 radical (unpaired) electrons. The lowest BCUT2D eigenvalue weighted by atomic mass is 10.2. The molecule has 0 spiro atoms. The van der Waals surface area contributed by atoms with Gasteiger partial charge in [-0.25, -0.2) is 4.79 Å². The molecule has 5 heteroatoms. The van der Waals surface area contributed by atoms with Crippen LogP contribution in [0, 0.1) is 0 Å². The van der Waals surface area contributed by atoms with Crippen molar-refractivity contribution in [3.8, 4) is 0 Å². The van der Waals surface area contributed by atoms with Gasteiger partial charge >= 0.3 is 5.97 Å². The van der Waals surface area contributed by atoms with Crippen LogP contribution in [-0.4, -0.2) is 13.1 Å². The molecule has 0 aliphatic rings. The van der Waals surface area contributed by atoms with Crippen molar-refractivity contribution < 1.29 is 9.53 Å². The Kier molecular flexibility index (Phi) is 4.53. The van der Waals surface area contributed by atoms with Crippen molar-refractivity contribution in [1.29, 1.82) is 0 Å². The maximum absolute atomic E-state index is 11.8. The fourth-order valence-corrected chi connectivity index (χ4v) is 2.85. The molecule has 0 unspecified atom stereocenters. The Hall–Kier alpha value is -2.14. The van der Waals surface area contributed by atoms with Crippen molar-refractivity contribution in [3.63, 3.8) is 0 Å². The van der Waals surface area contributed by atoms with Crippen LogP contribution in [-0.2, 0) is 10.5 Å². The van der Waals surface area contributed by atoms with Gasteiger partial charge in [-0.3, -0.25) is 0 Å². The van der Waals surface area contributed by atoms with Crippen molar-refractivity contribution in [2.24, 2.45) is 0 Å². The van der Waals surface area contributed by atoms with E-state index >= 15 is 0 Å². The van der Waals surface area contributed by atoms with E-state index in [0.29, 0.717) is 21.8 Å². The molecule has 0 aliphatic heterocycles. The van der Waals surface area contributed by atoms with Crippen molar-refractivity contribution in [2.75, 3.05) is 18.6 Å². The minimum absolute atomic E-state index is 0.408. The second-order valence-corrected chi connectivity index (χ2v) is 5.24. The van der Waals surface area contributed by atoms with Crippen molar-refractivity contribution in [1.82, 2.24) is 0 Å². The lowest BCUT2D eigenvalue weighted by molar-refractivity contribution is 0.0597. The van der Waals surface area contributed by atoms with Crippen LogP contribution in [0.1, 0.15) is 15.9 Å². The van der Waals surface area contributed by atoms with Crippen molar-refractivity contribution in [2.45, 2.75) is 10.6 Å². The first-order valence-corrected chi connectivity index (χ1v) is 7.04. The molecule has 0 aromatic heterocycles. The first-order chi connectivity index (χ1) is 9.61. The van der Waals surface area contributed by atoms with Crippen LogP contribution >= 0.6 is 11.8 Å². The summed E-state index contributed by atoms with van der Waals surface area (Å²) in [5, 5.41) is 0. The molecule has 2 aromatic rings. The standard InChI is InChI=1S/C15H16N2O2S/c1-19-15(18)12-7-11(16)8-13(17)14(12)20-9-10-5-3-2-4-6-10/h2-8H,9,16-17H2,1H3. The SMILES string of the molecule is COC(=O)c1cc(N)cc(N)c1SCc1ccccc1. The summed E-state index contributed by atoms with van der Waals surface area (Å²) in [5.41, 5.74) is 14.2. The number of anilines is 2. The molecule has 0 atom stereocenters. The third kappa shape index (κ3) is 3.24. The number of esters is 1. The second-order valence-electron chi connectivity index (χ2n) is 4.25. The van der Waals surface area contributed by atoms with E-state index in [0.717, 1.165) is 11.3 Å². The van der Waals surface area contributed by atoms with Crippen LogP contribution in [0.15, 0.2) is 47.4 Å². The summed E-state index contributed by atoms with van der Waals surface area (Å²) in [6, 6.07) is 13.2. The molecule has 0 saturated carbocycles. The van der Waals surface area contributed by atoms with Crippen LogP contribution in [0.4, 0.5) is 11.4 Å². The summed E-state index contributed by atoms with van der Waals surface area (Å²) in [5.74, 6) is 0.290. The average molecular weight is 288 g/mol. The minimum Gasteiger partial charge on any atom is -0.465 e. The summed E-state index contributed by atoms with van der Waals surface area (Å²) in [6.07, 6.45) is 0. The first kappa shape index (κ1) is 14.3. The third-order valence-corrected chi connectivity index (χ3v) is 3.99. The normalized spacial score (nSPS) is 10.2. The number of rotatable bonds is 4. The molecule has 2 rings (SSSR count). The Balaban J connectivity index is 2.28. The number of ether oxygens (including phenoxy) is 1. The van der Waals surface area contributed by atoms with Crippen molar-refractivity contribution >= 4 is 29.1 Å². The number of nitrogens with two attached hydrogens (primary N) is 2. The quantitative estimate of drug-likeness (QED) is 0.514. The molecule has 0 saturated heterocycles. The van der Waals surface area contributed by atoms with Gasteiger partial charge in [-0.05, 0) is 17.7 Å². The lowest BCUT2D eigenvalue weighted by Gasteiger charge is -2.12. The zero-order chi connectivity index (χ0) is 14.5. The van der Waals surface area contributed by atoms with E-state index in [1.54, 1.807) is 12.1 Å². The van der Waals surface area contributed by atoms with E-state index < -0.39 is 5.97 Å². The Bertz CT molecular complexity index is 615. The number of carbonyl (C=O) groups is 1. The number of carbonyl (C=O) groups excluding carboxylic acids is 1. The predicted octanol–water partition coefficient (Wildman–Crippen LogP) is 2.93. The Morgan fingerprint density at radius 2 is 1.90 bits per heavy atom. The van der Waals surface area contributed by atoms with Gasteiger partial charge in [-0.2, -0.15) is 0 Å². The van der Waals surface area contributed by atoms with Crippen LogP contribution in [0.5, 0.6) is 0 Å². The molecule has 20 heavy (non-hydrogen) atoms. The summed E-state index contributed by atoms with van der Waals surface area (Å²) in [4.78, 5) is 12.5. The third-order valence-electron chi connectivity index (χ3n) is 2.77. The van der Waals surface area contributed by atoms with E-state index in [-0.39, 0.29) is 0 Å². The summed E-state index contributed by atoms with van der Waals surface area (Å²) >= 11 is 1.50. The molecule has 0 aliphatic carbocycles. The van der Waals surface area contributed by atoms with E-state index in [2.05, 4.69) is 0 Å². The van der Waals surface area contributed by atoms with Gasteiger partial charge in [0.2, 0.25) is 0 Å². The molecule has 4 nitrogen and oxygen atoms in total. The highest BCUT2D eigenvalue weighted by Gasteiger charge is 2.16. The van der Waals surface area contributed by atoms with Gasteiger partial charge in [-0.1, -0.05) is 30.3 Å². The lowest BCUT2D eigenvalue weighted by Crippen LogP contribution is -2.07. The summed E-state index contributed by atoms with van der Waals surface area (Å²) < 4.78 is 4.78. The topological polar surface area (TPSA) is 78.3 Å². The number of nitrogen functional groups attached to an aromatic ring is 2. The zero-order valence-electron chi connectivity index (χ0n) is 11.1. The van der Waals surface area contributed by atoms with Crippen LogP contribution in [0.3, 0.4) is 0 Å². The molecule has 0 fully saturated rings. The summed E-state index contributed by atoms with van der Waals surface area (Å²) in [6.45, 7) is 0. The van der Waals surface area contributed by atoms with Gasteiger partial charge < -0.3 is 16.2 Å². The minimum atomic E-state index is -0.431. The van der Waals surface area contributed by atoms with Gasteiger partial charge in [0.05, 0.1) is 12.7 Å². The van der Waals surface area contributed by atoms with E-state index in [1.807, 2.05) is 30.3 Å². The van der Waals surface area contributed by atoms with Crippen LogP contribution in [0.2, 0.25) is 0 Å². The Morgan fingerprint density at radius 3 is 2.55 bits per heavy atom. The second kappa shape index (κ2) is 6.34. The number of benzene rings is 2. The number of thioether (sulfide) groups is 1. The van der Waals surface area contributed by atoms with E-state index in [4.69, 9.17) is 16.2 Å². The van der Waals surface area contributed by atoms with Crippen LogP contribution < -0.4 is 11.5 Å². The Labute approximate surface area is 122 Å². The predicted molar refractivity (Wildman–Crippen MR) is 82.6 cm³/mol. The maximum Gasteiger partial charge on any atom is 0.339 e. The summed E-state index contributed by atoms with van der Waals surface area (Å²) in [7, 11) is 1.34. The molecule has 0 bridgehead atoms. The van der Waals surface area contributed by atoms with Crippen LogP contribution in [0.25, 0.3) is 0 Å². The molecule has 2 aromatic carbocycles. The Morgan fingerprint density at radius 1 is 1.20 bits per heavy atom. The number of hydrogen-bond donors (Lipinski definition) is 2. The highest BCUT2D eigenvalue weighted by atomic mass is 32.2. The largest absolute Gasteiger partial charge is 0.465 e. The highest BCUT2D eigenvalue weighted by molar-refractivity contribution is 7.98. The zero-order valence-corrected chi connectivity index (χ0v) is 11.9. The van der Waals surface area contributed by atoms with Gasteiger partial charge in [0.15, 0.2) is 0 Å². The van der Waals surface area contributed by atoms with E-state index in [9.17, 15) is 4.79 Å². The van der Waals surface area contributed by atoms with Gasteiger partial charge in [0.25, 0.3) is 0 Å². The average Bonchev–Trinajstić information content (AvgIpc) is 2.46. The molecule has 4 N–H and O–H groups in total. The van der Waals surface area contributed by atoms with Gasteiger partial charge in [0, 0.05) is 22.0 Å². The maximum atomic E-state index is 11.8. The molecular weight excluding hydrogens is 272 g/mol. The first-order valence-electron chi connectivity index (χ1n) is 6.06. The number of methoxy groups -OCH3 is 1. The van der Waals surface area contributed by atoms with Gasteiger partial charge in [0.1, 0.15) is 0 Å². The molecule has 0 amide bonds. The highest BCUT2D eigenvalue weighted by Crippen LogP contribution is 2.33. The molecule has 0 heterocycles. The fraction of sp³-hybridized carbons (Fsp3) is 0.133. The fourth-order valence-electron chi connectivity index (χ4n) is 1.83. The van der Waals surface area contributed by atoms with Gasteiger partial charge in [-0.15, -0.1) is 11.8 Å². The van der Waals surface area contributed by atoms with E-state index in [1.165, 1.54) is 18.9 Å². The molecular formula is C15H16N2O2S. The molecule has 104 valence electrons.